The number of ether oxygens (including phenoxy) is 2. The Balaban J connectivity index is 2.00. The number of hydrogen-bond acceptors (Lipinski definition) is 4. The molecule has 118 valence electrons. The van der Waals surface area contributed by atoms with Gasteiger partial charge in [0.15, 0.2) is 0 Å². The van der Waals surface area contributed by atoms with Crippen molar-refractivity contribution >= 4 is 0 Å². The molecule has 0 spiro atoms. The number of hydrogen-bond donors (Lipinski definition) is 1. The highest BCUT2D eigenvalue weighted by atomic mass is 16.5. The molecule has 1 aliphatic heterocycles. The van der Waals surface area contributed by atoms with E-state index < -0.39 is 0 Å². The summed E-state index contributed by atoms with van der Waals surface area (Å²) in [4.78, 5) is 2.30. The average Bonchev–Trinajstić information content (AvgIpc) is 2.48. The molecule has 2 atom stereocenters. The average molecular weight is 292 g/mol. The van der Waals surface area contributed by atoms with E-state index in [1.54, 1.807) is 7.11 Å². The molecular weight excluding hydrogens is 264 g/mol. The lowest BCUT2D eigenvalue weighted by atomic mass is 10.0. The van der Waals surface area contributed by atoms with Gasteiger partial charge in [0.05, 0.1) is 13.2 Å². The Hall–Kier alpha value is -1.10. The van der Waals surface area contributed by atoms with Gasteiger partial charge in [-0.25, -0.2) is 0 Å². The molecule has 1 aromatic carbocycles. The predicted molar refractivity (Wildman–Crippen MR) is 85.5 cm³/mol. The maximum absolute atomic E-state index is 5.98. The van der Waals surface area contributed by atoms with Gasteiger partial charge in [0.1, 0.15) is 5.75 Å². The third kappa shape index (κ3) is 4.70. The molecule has 2 N–H and O–H groups in total. The Morgan fingerprint density at radius 3 is 2.86 bits per heavy atom. The predicted octanol–water partition coefficient (Wildman–Crippen LogP) is 2.72. The summed E-state index contributed by atoms with van der Waals surface area (Å²) in [5.41, 5.74) is 8.31. The number of rotatable bonds is 6. The summed E-state index contributed by atoms with van der Waals surface area (Å²) < 4.78 is 11.3. The number of nitrogens with two attached hydrogens (primary N) is 1. The molecule has 1 aromatic rings. The lowest BCUT2D eigenvalue weighted by Gasteiger charge is -2.28. The number of nitrogens with zero attached hydrogens (tertiary/aromatic N) is 1. The van der Waals surface area contributed by atoms with Crippen LogP contribution in [0.15, 0.2) is 18.2 Å². The Morgan fingerprint density at radius 1 is 1.43 bits per heavy atom. The first-order chi connectivity index (χ1) is 10.1. The largest absolute Gasteiger partial charge is 0.496 e. The molecule has 4 nitrogen and oxygen atoms in total. The Bertz CT molecular complexity index is 442. The maximum atomic E-state index is 5.98. The van der Waals surface area contributed by atoms with E-state index in [-0.39, 0.29) is 6.04 Å². The molecule has 4 heteroatoms. The molecule has 0 amide bonds. The van der Waals surface area contributed by atoms with Gasteiger partial charge in [-0.3, -0.25) is 4.90 Å². The summed E-state index contributed by atoms with van der Waals surface area (Å²) in [6, 6.07) is 6.25. The van der Waals surface area contributed by atoms with Gasteiger partial charge < -0.3 is 15.2 Å². The SMILES string of the molecule is COc1ccc(C(C)N)cc1CN(C)CC1CCCCO1. The van der Waals surface area contributed by atoms with Crippen molar-refractivity contribution in [1.29, 1.82) is 0 Å². The highest BCUT2D eigenvalue weighted by molar-refractivity contribution is 5.38. The molecule has 2 unspecified atom stereocenters. The van der Waals surface area contributed by atoms with Crippen LogP contribution in [0.5, 0.6) is 5.75 Å². The molecule has 0 aliphatic carbocycles. The first-order valence-electron chi connectivity index (χ1n) is 7.82. The Kier molecular flexibility index (Phi) is 6.03. The number of likely N-dealkylation sites (N-methyl/N-ethyl adjacent to an activating group) is 1. The van der Waals surface area contributed by atoms with E-state index in [0.29, 0.717) is 6.10 Å². The van der Waals surface area contributed by atoms with Gasteiger partial charge in [-0.2, -0.15) is 0 Å². The van der Waals surface area contributed by atoms with E-state index in [9.17, 15) is 0 Å². The second-order valence-electron chi connectivity index (χ2n) is 6.05. The van der Waals surface area contributed by atoms with Crippen molar-refractivity contribution in [3.05, 3.63) is 29.3 Å². The van der Waals surface area contributed by atoms with Crippen molar-refractivity contribution in [2.45, 2.75) is 44.9 Å². The van der Waals surface area contributed by atoms with Crippen LogP contribution in [0.1, 0.15) is 43.4 Å². The van der Waals surface area contributed by atoms with E-state index >= 15 is 0 Å². The van der Waals surface area contributed by atoms with Gasteiger partial charge in [0.2, 0.25) is 0 Å². The molecule has 0 radical (unpaired) electrons. The van der Waals surface area contributed by atoms with Crippen LogP contribution in [0.3, 0.4) is 0 Å². The third-order valence-electron chi connectivity index (χ3n) is 4.06. The molecule has 2 rings (SSSR count). The van der Waals surface area contributed by atoms with Crippen molar-refractivity contribution in [2.75, 3.05) is 27.3 Å². The molecule has 0 aromatic heterocycles. The Morgan fingerprint density at radius 2 is 2.24 bits per heavy atom. The normalized spacial score (nSPS) is 20.5. The molecule has 1 heterocycles. The van der Waals surface area contributed by atoms with Crippen LogP contribution in [0.4, 0.5) is 0 Å². The lowest BCUT2D eigenvalue weighted by Crippen LogP contribution is -2.33. The highest BCUT2D eigenvalue weighted by Crippen LogP contribution is 2.24. The molecule has 0 saturated carbocycles. The zero-order valence-electron chi connectivity index (χ0n) is 13.5. The highest BCUT2D eigenvalue weighted by Gasteiger charge is 2.17. The van der Waals surface area contributed by atoms with Gasteiger partial charge >= 0.3 is 0 Å². The van der Waals surface area contributed by atoms with Crippen LogP contribution >= 0.6 is 0 Å². The standard InChI is InChI=1S/C17H28N2O2/c1-13(18)14-7-8-17(20-3)15(10-14)11-19(2)12-16-6-4-5-9-21-16/h7-8,10,13,16H,4-6,9,11-12,18H2,1-3H3. The van der Waals surface area contributed by atoms with E-state index in [2.05, 4.69) is 18.0 Å². The lowest BCUT2D eigenvalue weighted by molar-refractivity contribution is -0.00267. The van der Waals surface area contributed by atoms with Crippen LogP contribution in [0, 0.1) is 0 Å². The Labute approximate surface area is 128 Å². The van der Waals surface area contributed by atoms with Crippen molar-refractivity contribution in [3.63, 3.8) is 0 Å². The minimum atomic E-state index is 0.0432. The summed E-state index contributed by atoms with van der Waals surface area (Å²) in [6.07, 6.45) is 4.01. The molecular formula is C17H28N2O2. The number of benzene rings is 1. The summed E-state index contributed by atoms with van der Waals surface area (Å²) in [7, 11) is 3.85. The van der Waals surface area contributed by atoms with Crippen molar-refractivity contribution in [2.24, 2.45) is 5.73 Å². The van der Waals surface area contributed by atoms with Gasteiger partial charge in [0, 0.05) is 31.3 Å². The van der Waals surface area contributed by atoms with Gasteiger partial charge in [0.25, 0.3) is 0 Å². The fourth-order valence-corrected chi connectivity index (χ4v) is 2.86. The van der Waals surface area contributed by atoms with Crippen LogP contribution in [-0.4, -0.2) is 38.3 Å². The van der Waals surface area contributed by atoms with Crippen LogP contribution in [0.2, 0.25) is 0 Å². The van der Waals surface area contributed by atoms with Crippen molar-refractivity contribution < 1.29 is 9.47 Å². The van der Waals surface area contributed by atoms with Crippen LogP contribution < -0.4 is 10.5 Å². The van der Waals surface area contributed by atoms with Crippen molar-refractivity contribution in [1.82, 2.24) is 4.90 Å². The fraction of sp³-hybridized carbons (Fsp3) is 0.647. The fourth-order valence-electron chi connectivity index (χ4n) is 2.86. The van der Waals surface area contributed by atoms with Crippen LogP contribution in [0.25, 0.3) is 0 Å². The summed E-state index contributed by atoms with van der Waals surface area (Å²) in [5, 5.41) is 0. The van der Waals surface area contributed by atoms with E-state index in [0.717, 1.165) is 31.0 Å². The topological polar surface area (TPSA) is 47.7 Å². The molecule has 0 bridgehead atoms. The summed E-state index contributed by atoms with van der Waals surface area (Å²) in [5.74, 6) is 0.927. The minimum Gasteiger partial charge on any atom is -0.496 e. The van der Waals surface area contributed by atoms with E-state index in [4.69, 9.17) is 15.2 Å². The second kappa shape index (κ2) is 7.78. The first kappa shape index (κ1) is 16.3. The molecule has 1 fully saturated rings. The van der Waals surface area contributed by atoms with Gasteiger partial charge in [-0.1, -0.05) is 6.07 Å². The van der Waals surface area contributed by atoms with Gasteiger partial charge in [-0.05, 0) is 50.9 Å². The summed E-state index contributed by atoms with van der Waals surface area (Å²) in [6.45, 7) is 4.72. The monoisotopic (exact) mass is 292 g/mol. The van der Waals surface area contributed by atoms with E-state index in [1.165, 1.54) is 24.8 Å². The summed E-state index contributed by atoms with van der Waals surface area (Å²) >= 11 is 0. The van der Waals surface area contributed by atoms with E-state index in [1.807, 2.05) is 19.1 Å². The van der Waals surface area contributed by atoms with Crippen LogP contribution in [-0.2, 0) is 11.3 Å². The molecule has 1 saturated heterocycles. The smallest absolute Gasteiger partial charge is 0.123 e. The minimum absolute atomic E-state index is 0.0432. The first-order valence-corrected chi connectivity index (χ1v) is 7.82. The zero-order valence-corrected chi connectivity index (χ0v) is 13.5. The maximum Gasteiger partial charge on any atom is 0.123 e. The second-order valence-corrected chi connectivity index (χ2v) is 6.05. The quantitative estimate of drug-likeness (QED) is 0.876. The van der Waals surface area contributed by atoms with Crippen molar-refractivity contribution in [3.8, 4) is 5.75 Å². The molecule has 21 heavy (non-hydrogen) atoms. The number of methoxy groups -OCH3 is 1. The van der Waals surface area contributed by atoms with Gasteiger partial charge in [-0.15, -0.1) is 0 Å². The zero-order chi connectivity index (χ0) is 15.2. The molecule has 1 aliphatic rings. The third-order valence-corrected chi connectivity index (χ3v) is 4.06.